The monoisotopic (exact) mass is 255 g/mol. The lowest BCUT2D eigenvalue weighted by Crippen LogP contribution is -2.29. The average Bonchev–Trinajstić information content (AvgIpc) is 2.64. The summed E-state index contributed by atoms with van der Waals surface area (Å²) in [5, 5.41) is 11.8. The van der Waals surface area contributed by atoms with Crippen molar-refractivity contribution in [1.82, 2.24) is 5.32 Å². The number of aliphatic hydroxyl groups excluding tert-OH is 1. The third-order valence-electron chi connectivity index (χ3n) is 3.06. The fourth-order valence-electron chi connectivity index (χ4n) is 1.64. The highest BCUT2D eigenvalue weighted by Gasteiger charge is 2.12. The molecule has 0 saturated carbocycles. The van der Waals surface area contributed by atoms with Gasteiger partial charge in [-0.1, -0.05) is 13.3 Å². The molecule has 17 heavy (non-hydrogen) atoms. The fourth-order valence-corrected chi connectivity index (χ4v) is 2.59. The van der Waals surface area contributed by atoms with Gasteiger partial charge in [0, 0.05) is 18.0 Å². The van der Waals surface area contributed by atoms with E-state index in [0.29, 0.717) is 12.5 Å². The zero-order valence-electron chi connectivity index (χ0n) is 10.7. The van der Waals surface area contributed by atoms with Crippen LogP contribution < -0.4 is 5.32 Å². The molecule has 0 radical (unpaired) electrons. The van der Waals surface area contributed by atoms with E-state index in [0.717, 1.165) is 17.7 Å². The summed E-state index contributed by atoms with van der Waals surface area (Å²) >= 11 is 1.53. The largest absolute Gasteiger partial charge is 0.396 e. The number of thiophene rings is 1. The molecular formula is C13H21NO2S. The van der Waals surface area contributed by atoms with Crippen molar-refractivity contribution >= 4 is 17.2 Å². The van der Waals surface area contributed by atoms with Gasteiger partial charge in [0.1, 0.15) is 0 Å². The lowest BCUT2D eigenvalue weighted by molar-refractivity contribution is 0.0947. The van der Waals surface area contributed by atoms with Crippen LogP contribution >= 0.6 is 11.3 Å². The highest BCUT2D eigenvalue weighted by atomic mass is 32.1. The quantitative estimate of drug-likeness (QED) is 0.820. The van der Waals surface area contributed by atoms with Crippen LogP contribution in [0.4, 0.5) is 0 Å². The predicted molar refractivity (Wildman–Crippen MR) is 71.6 cm³/mol. The van der Waals surface area contributed by atoms with Crippen molar-refractivity contribution in [2.75, 3.05) is 13.2 Å². The number of aryl methyl sites for hydroxylation is 2. The molecule has 0 fully saturated rings. The lowest BCUT2D eigenvalue weighted by atomic mass is 10.0. The van der Waals surface area contributed by atoms with Crippen LogP contribution in [-0.2, 0) is 0 Å². The minimum atomic E-state index is 0.00240. The van der Waals surface area contributed by atoms with E-state index in [1.54, 1.807) is 0 Å². The van der Waals surface area contributed by atoms with E-state index < -0.39 is 0 Å². The van der Waals surface area contributed by atoms with Crippen LogP contribution in [0.3, 0.4) is 0 Å². The molecular weight excluding hydrogens is 234 g/mol. The first kappa shape index (κ1) is 14.2. The Morgan fingerprint density at radius 2 is 2.24 bits per heavy atom. The van der Waals surface area contributed by atoms with Crippen LogP contribution in [0.2, 0.25) is 0 Å². The molecule has 96 valence electrons. The molecule has 1 aromatic heterocycles. The van der Waals surface area contributed by atoms with Crippen LogP contribution in [0, 0.1) is 19.8 Å². The number of carbonyl (C=O) groups is 1. The van der Waals surface area contributed by atoms with Gasteiger partial charge in [0.05, 0.1) is 4.88 Å². The van der Waals surface area contributed by atoms with Gasteiger partial charge in [-0.3, -0.25) is 4.79 Å². The van der Waals surface area contributed by atoms with Gasteiger partial charge in [-0.25, -0.2) is 0 Å². The Labute approximate surface area is 107 Å². The molecule has 1 atom stereocenters. The Kier molecular flexibility index (Phi) is 5.65. The van der Waals surface area contributed by atoms with E-state index in [4.69, 9.17) is 5.11 Å². The van der Waals surface area contributed by atoms with Crippen molar-refractivity contribution in [2.24, 2.45) is 5.92 Å². The van der Waals surface area contributed by atoms with E-state index in [1.165, 1.54) is 21.8 Å². The SMILES string of the molecule is CCC(CCO)CNC(=O)c1cc(C)c(C)s1. The third-order valence-corrected chi connectivity index (χ3v) is 4.21. The Balaban J connectivity index is 2.49. The van der Waals surface area contributed by atoms with Crippen LogP contribution in [0.25, 0.3) is 0 Å². The fraction of sp³-hybridized carbons (Fsp3) is 0.615. The topological polar surface area (TPSA) is 49.3 Å². The van der Waals surface area contributed by atoms with Crippen molar-refractivity contribution in [2.45, 2.75) is 33.6 Å². The number of hydrogen-bond donors (Lipinski definition) is 2. The zero-order chi connectivity index (χ0) is 12.8. The zero-order valence-corrected chi connectivity index (χ0v) is 11.6. The lowest BCUT2D eigenvalue weighted by Gasteiger charge is -2.13. The van der Waals surface area contributed by atoms with Crippen LogP contribution in [0.15, 0.2) is 6.07 Å². The number of nitrogens with one attached hydrogen (secondary N) is 1. The van der Waals surface area contributed by atoms with Gasteiger partial charge in [-0.2, -0.15) is 0 Å². The van der Waals surface area contributed by atoms with Gasteiger partial charge >= 0.3 is 0 Å². The second kappa shape index (κ2) is 6.77. The minimum Gasteiger partial charge on any atom is -0.396 e. The molecule has 0 spiro atoms. The standard InChI is InChI=1S/C13H21NO2S/c1-4-11(5-6-15)8-14-13(16)12-7-9(2)10(3)17-12/h7,11,15H,4-6,8H2,1-3H3,(H,14,16). The molecule has 0 aliphatic rings. The first-order valence-electron chi connectivity index (χ1n) is 6.04. The Morgan fingerprint density at radius 3 is 2.71 bits per heavy atom. The molecule has 0 bridgehead atoms. The number of rotatable bonds is 6. The first-order chi connectivity index (χ1) is 8.08. The maximum Gasteiger partial charge on any atom is 0.261 e. The molecule has 0 aliphatic carbocycles. The van der Waals surface area contributed by atoms with Crippen LogP contribution in [0.1, 0.15) is 39.9 Å². The number of hydrogen-bond acceptors (Lipinski definition) is 3. The summed E-state index contributed by atoms with van der Waals surface area (Å²) in [5.41, 5.74) is 1.17. The van der Waals surface area contributed by atoms with Gasteiger partial charge < -0.3 is 10.4 Å². The summed E-state index contributed by atoms with van der Waals surface area (Å²) < 4.78 is 0. The summed E-state index contributed by atoms with van der Waals surface area (Å²) in [4.78, 5) is 13.8. The highest BCUT2D eigenvalue weighted by Crippen LogP contribution is 2.20. The summed E-state index contributed by atoms with van der Waals surface area (Å²) in [5.74, 6) is 0.369. The van der Waals surface area contributed by atoms with Crippen LogP contribution in [0.5, 0.6) is 0 Å². The summed E-state index contributed by atoms with van der Waals surface area (Å²) in [7, 11) is 0. The van der Waals surface area contributed by atoms with E-state index in [1.807, 2.05) is 19.9 Å². The van der Waals surface area contributed by atoms with Gasteiger partial charge in [0.2, 0.25) is 0 Å². The van der Waals surface area contributed by atoms with Crippen LogP contribution in [-0.4, -0.2) is 24.2 Å². The highest BCUT2D eigenvalue weighted by molar-refractivity contribution is 7.14. The van der Waals surface area contributed by atoms with Gasteiger partial charge in [0.25, 0.3) is 5.91 Å². The van der Waals surface area contributed by atoms with E-state index in [9.17, 15) is 4.79 Å². The Morgan fingerprint density at radius 1 is 1.53 bits per heavy atom. The van der Waals surface area contributed by atoms with E-state index >= 15 is 0 Å². The molecule has 0 aromatic carbocycles. The van der Waals surface area contributed by atoms with Crippen molar-refractivity contribution < 1.29 is 9.90 Å². The molecule has 3 nitrogen and oxygen atoms in total. The molecule has 0 saturated heterocycles. The minimum absolute atomic E-state index is 0.00240. The second-order valence-corrected chi connectivity index (χ2v) is 5.60. The van der Waals surface area contributed by atoms with E-state index in [-0.39, 0.29) is 12.5 Å². The summed E-state index contributed by atoms with van der Waals surface area (Å²) in [6.45, 7) is 6.95. The maximum atomic E-state index is 11.9. The predicted octanol–water partition coefficient (Wildman–Crippen LogP) is 2.50. The van der Waals surface area contributed by atoms with Crippen molar-refractivity contribution in [3.8, 4) is 0 Å². The smallest absolute Gasteiger partial charge is 0.261 e. The van der Waals surface area contributed by atoms with Crippen molar-refractivity contribution in [3.05, 3.63) is 21.4 Å². The maximum absolute atomic E-state index is 11.9. The molecule has 2 N–H and O–H groups in total. The van der Waals surface area contributed by atoms with Gasteiger partial charge in [-0.05, 0) is 37.8 Å². The van der Waals surface area contributed by atoms with Gasteiger partial charge in [0.15, 0.2) is 0 Å². The second-order valence-electron chi connectivity index (χ2n) is 4.35. The normalized spacial score (nSPS) is 12.5. The summed E-state index contributed by atoms with van der Waals surface area (Å²) in [6, 6.07) is 1.93. The third kappa shape index (κ3) is 4.13. The van der Waals surface area contributed by atoms with Crippen molar-refractivity contribution in [1.29, 1.82) is 0 Å². The molecule has 4 heteroatoms. The molecule has 0 aliphatic heterocycles. The number of carbonyl (C=O) groups excluding carboxylic acids is 1. The molecule has 1 rings (SSSR count). The first-order valence-corrected chi connectivity index (χ1v) is 6.86. The molecule has 1 amide bonds. The molecule has 1 unspecified atom stereocenters. The summed E-state index contributed by atoms with van der Waals surface area (Å²) in [6.07, 6.45) is 1.72. The number of amides is 1. The van der Waals surface area contributed by atoms with Crippen molar-refractivity contribution in [3.63, 3.8) is 0 Å². The molecule has 1 heterocycles. The number of aliphatic hydroxyl groups is 1. The van der Waals surface area contributed by atoms with Gasteiger partial charge in [-0.15, -0.1) is 11.3 Å². The Hall–Kier alpha value is -0.870. The molecule has 1 aromatic rings. The Bertz CT molecular complexity index is 354. The average molecular weight is 255 g/mol. The van der Waals surface area contributed by atoms with E-state index in [2.05, 4.69) is 12.2 Å².